The molecule has 1 aromatic heterocycles. The summed E-state index contributed by atoms with van der Waals surface area (Å²) in [5.41, 5.74) is 0. The minimum Gasteiger partial charge on any atom is -0.350 e. The van der Waals surface area contributed by atoms with Crippen LogP contribution in [0.4, 0.5) is 5.82 Å². The van der Waals surface area contributed by atoms with Gasteiger partial charge in [-0.1, -0.05) is 0 Å². The van der Waals surface area contributed by atoms with Crippen molar-refractivity contribution >= 4 is 11.7 Å². The number of anilines is 1. The van der Waals surface area contributed by atoms with Crippen molar-refractivity contribution in [3.63, 3.8) is 0 Å². The highest BCUT2D eigenvalue weighted by Crippen LogP contribution is 2.36. The van der Waals surface area contributed by atoms with Gasteiger partial charge in [-0.15, -0.1) is 0 Å². The number of nitrogens with zero attached hydrogens (tertiary/aromatic N) is 5. The van der Waals surface area contributed by atoms with E-state index in [0.717, 1.165) is 44.7 Å². The Bertz CT molecular complexity index is 622. The Labute approximate surface area is 149 Å². The van der Waals surface area contributed by atoms with E-state index in [4.69, 9.17) is 0 Å². The summed E-state index contributed by atoms with van der Waals surface area (Å²) in [7, 11) is 0. The highest BCUT2D eigenvalue weighted by molar-refractivity contribution is 5.84. The first kappa shape index (κ1) is 15.6. The van der Waals surface area contributed by atoms with Crippen molar-refractivity contribution in [3.05, 3.63) is 18.6 Å². The van der Waals surface area contributed by atoms with Crippen LogP contribution in [0.3, 0.4) is 0 Å². The molecule has 4 aliphatic rings. The molecule has 2 saturated heterocycles. The zero-order valence-corrected chi connectivity index (χ0v) is 14.8. The van der Waals surface area contributed by atoms with Gasteiger partial charge in [0.05, 0.1) is 6.04 Å². The Balaban J connectivity index is 1.23. The smallest absolute Gasteiger partial charge is 0.240 e. The van der Waals surface area contributed by atoms with E-state index in [2.05, 4.69) is 24.7 Å². The van der Waals surface area contributed by atoms with E-state index in [1.54, 1.807) is 6.33 Å². The number of hydrogen-bond donors (Lipinski definition) is 0. The number of hydrogen-bond acceptors (Lipinski definition) is 5. The van der Waals surface area contributed by atoms with Crippen molar-refractivity contribution in [2.45, 2.75) is 69.1 Å². The first-order valence-corrected chi connectivity index (χ1v) is 9.90. The van der Waals surface area contributed by atoms with Crippen molar-refractivity contribution in [2.75, 3.05) is 24.5 Å². The second kappa shape index (κ2) is 6.24. The summed E-state index contributed by atoms with van der Waals surface area (Å²) >= 11 is 0. The largest absolute Gasteiger partial charge is 0.350 e. The fraction of sp³-hybridized carbons (Fsp3) is 0.737. The SMILES string of the molecule is O=C1C(N2CCC(N(c3ccncn3)C3CC3)CC2)CCN1C1CC1. The Hall–Kier alpha value is -1.69. The van der Waals surface area contributed by atoms with E-state index in [-0.39, 0.29) is 6.04 Å². The summed E-state index contributed by atoms with van der Waals surface area (Å²) in [4.78, 5) is 28.4. The van der Waals surface area contributed by atoms with Gasteiger partial charge in [0, 0.05) is 44.0 Å². The molecule has 2 aliphatic carbocycles. The molecule has 0 spiro atoms. The van der Waals surface area contributed by atoms with Crippen LogP contribution in [0.5, 0.6) is 0 Å². The average Bonchev–Trinajstić information content (AvgIpc) is 3.57. The van der Waals surface area contributed by atoms with Crippen molar-refractivity contribution in [1.29, 1.82) is 0 Å². The zero-order valence-electron chi connectivity index (χ0n) is 14.8. The number of likely N-dealkylation sites (tertiary alicyclic amines) is 2. The van der Waals surface area contributed by atoms with E-state index in [0.29, 0.717) is 24.0 Å². The molecular formula is C19H27N5O. The van der Waals surface area contributed by atoms with Gasteiger partial charge in [-0.05, 0) is 51.0 Å². The zero-order chi connectivity index (χ0) is 16.8. The predicted molar refractivity (Wildman–Crippen MR) is 95.3 cm³/mol. The molecular weight excluding hydrogens is 314 g/mol. The van der Waals surface area contributed by atoms with Gasteiger partial charge < -0.3 is 9.80 Å². The van der Waals surface area contributed by atoms with E-state index >= 15 is 0 Å². The van der Waals surface area contributed by atoms with Gasteiger partial charge in [-0.3, -0.25) is 9.69 Å². The third-order valence-corrected chi connectivity index (χ3v) is 6.30. The van der Waals surface area contributed by atoms with Crippen molar-refractivity contribution in [1.82, 2.24) is 19.8 Å². The van der Waals surface area contributed by atoms with Crippen molar-refractivity contribution in [3.8, 4) is 0 Å². The fourth-order valence-corrected chi connectivity index (χ4v) is 4.71. The fourth-order valence-electron chi connectivity index (χ4n) is 4.71. The molecule has 3 heterocycles. The van der Waals surface area contributed by atoms with Crippen LogP contribution in [0.15, 0.2) is 18.6 Å². The molecule has 0 aromatic carbocycles. The first-order valence-electron chi connectivity index (χ1n) is 9.90. The lowest BCUT2D eigenvalue weighted by Crippen LogP contribution is -2.51. The maximum Gasteiger partial charge on any atom is 0.240 e. The maximum absolute atomic E-state index is 12.7. The molecule has 1 amide bonds. The van der Waals surface area contributed by atoms with E-state index < -0.39 is 0 Å². The highest BCUT2D eigenvalue weighted by Gasteiger charge is 2.44. The lowest BCUT2D eigenvalue weighted by molar-refractivity contribution is -0.133. The first-order chi connectivity index (χ1) is 12.3. The second-order valence-electron chi connectivity index (χ2n) is 8.04. The highest BCUT2D eigenvalue weighted by atomic mass is 16.2. The molecule has 0 bridgehead atoms. The molecule has 6 heteroatoms. The van der Waals surface area contributed by atoms with Crippen LogP contribution in [0.2, 0.25) is 0 Å². The number of aromatic nitrogens is 2. The van der Waals surface area contributed by atoms with E-state index in [1.807, 2.05) is 12.3 Å². The summed E-state index contributed by atoms with van der Waals surface area (Å²) in [6, 6.07) is 3.96. The molecule has 25 heavy (non-hydrogen) atoms. The van der Waals surface area contributed by atoms with Gasteiger partial charge >= 0.3 is 0 Å². The molecule has 1 unspecified atom stereocenters. The van der Waals surface area contributed by atoms with Crippen molar-refractivity contribution < 1.29 is 4.79 Å². The summed E-state index contributed by atoms with van der Waals surface area (Å²) < 4.78 is 0. The second-order valence-corrected chi connectivity index (χ2v) is 8.04. The van der Waals surface area contributed by atoms with Gasteiger partial charge in [0.1, 0.15) is 12.1 Å². The van der Waals surface area contributed by atoms with Crippen LogP contribution in [-0.4, -0.2) is 69.5 Å². The van der Waals surface area contributed by atoms with Crippen molar-refractivity contribution in [2.24, 2.45) is 0 Å². The number of piperidine rings is 1. The van der Waals surface area contributed by atoms with Crippen LogP contribution in [0, 0.1) is 0 Å². The molecule has 1 aromatic rings. The third kappa shape index (κ3) is 3.01. The maximum atomic E-state index is 12.7. The number of rotatable bonds is 5. The monoisotopic (exact) mass is 341 g/mol. The van der Waals surface area contributed by atoms with Gasteiger partial charge in [0.15, 0.2) is 0 Å². The van der Waals surface area contributed by atoms with Gasteiger partial charge in [0.2, 0.25) is 5.91 Å². The molecule has 2 aliphatic heterocycles. The number of carbonyl (C=O) groups excluding carboxylic acids is 1. The Morgan fingerprint density at radius 1 is 0.960 bits per heavy atom. The van der Waals surface area contributed by atoms with Crippen LogP contribution in [0.25, 0.3) is 0 Å². The summed E-state index contributed by atoms with van der Waals surface area (Å²) in [6.07, 6.45) is 11.8. The third-order valence-electron chi connectivity index (χ3n) is 6.30. The molecule has 0 N–H and O–H groups in total. The van der Waals surface area contributed by atoms with Crippen LogP contribution in [0.1, 0.15) is 44.9 Å². The predicted octanol–water partition coefficient (Wildman–Crippen LogP) is 1.67. The molecule has 134 valence electrons. The normalized spacial score (nSPS) is 28.6. The Kier molecular flexibility index (Phi) is 3.88. The van der Waals surface area contributed by atoms with E-state index in [1.165, 1.54) is 25.7 Å². The molecule has 4 fully saturated rings. The Morgan fingerprint density at radius 2 is 1.72 bits per heavy atom. The summed E-state index contributed by atoms with van der Waals surface area (Å²) in [5.74, 6) is 1.48. The minimum atomic E-state index is 0.148. The molecule has 5 rings (SSSR count). The topological polar surface area (TPSA) is 52.6 Å². The van der Waals surface area contributed by atoms with Gasteiger partial charge in [-0.2, -0.15) is 0 Å². The van der Waals surface area contributed by atoms with Crippen LogP contribution in [-0.2, 0) is 4.79 Å². The summed E-state index contributed by atoms with van der Waals surface area (Å²) in [6.45, 7) is 3.05. The lowest BCUT2D eigenvalue weighted by Gasteiger charge is -2.41. The van der Waals surface area contributed by atoms with Gasteiger partial charge in [-0.25, -0.2) is 9.97 Å². The number of amides is 1. The standard InChI is InChI=1S/C19H27N5O/c25-19-17(8-12-23(19)14-1-2-14)22-10-6-16(7-11-22)24(15-3-4-15)18-5-9-20-13-21-18/h5,9,13-17H,1-4,6-8,10-12H2. The Morgan fingerprint density at radius 3 is 2.36 bits per heavy atom. The van der Waals surface area contributed by atoms with Crippen LogP contribution < -0.4 is 4.90 Å². The average molecular weight is 341 g/mol. The van der Waals surface area contributed by atoms with E-state index in [9.17, 15) is 4.79 Å². The van der Waals surface area contributed by atoms with Gasteiger partial charge in [0.25, 0.3) is 0 Å². The molecule has 0 radical (unpaired) electrons. The quantitative estimate of drug-likeness (QED) is 0.815. The molecule has 1 atom stereocenters. The lowest BCUT2D eigenvalue weighted by atomic mass is 10.0. The molecule has 6 nitrogen and oxygen atoms in total. The molecule has 2 saturated carbocycles. The minimum absolute atomic E-state index is 0.148. The summed E-state index contributed by atoms with van der Waals surface area (Å²) in [5, 5.41) is 0. The van der Waals surface area contributed by atoms with Crippen LogP contribution >= 0.6 is 0 Å². The number of carbonyl (C=O) groups is 1.